The zero-order valence-corrected chi connectivity index (χ0v) is 12.9. The van der Waals surface area contributed by atoms with Crippen molar-refractivity contribution in [2.75, 3.05) is 7.05 Å². The van der Waals surface area contributed by atoms with Gasteiger partial charge in [-0.1, -0.05) is 30.3 Å². The lowest BCUT2D eigenvalue weighted by atomic mass is 9.92. The summed E-state index contributed by atoms with van der Waals surface area (Å²) in [6.45, 7) is 4.42. The summed E-state index contributed by atoms with van der Waals surface area (Å²) >= 11 is 1.71. The van der Waals surface area contributed by atoms with Crippen molar-refractivity contribution < 1.29 is 4.79 Å². The van der Waals surface area contributed by atoms with Gasteiger partial charge < -0.3 is 10.6 Å². The van der Waals surface area contributed by atoms with E-state index in [4.69, 9.17) is 5.73 Å². The number of aryl methyl sites for hydroxylation is 1. The van der Waals surface area contributed by atoms with E-state index in [1.165, 1.54) is 9.75 Å². The third kappa shape index (κ3) is 3.08. The molecule has 0 saturated carbocycles. The first-order valence-corrected chi connectivity index (χ1v) is 7.38. The molecule has 0 aliphatic heterocycles. The van der Waals surface area contributed by atoms with Gasteiger partial charge in [0.25, 0.3) is 0 Å². The number of carbonyl (C=O) groups excluding carboxylic acids is 1. The third-order valence-electron chi connectivity index (χ3n) is 3.35. The SMILES string of the molecule is Cc1ccc(CN(C)C(=O)C(C)(N)c2ccccc2)s1. The molecule has 1 amide bonds. The quantitative estimate of drug-likeness (QED) is 0.940. The minimum absolute atomic E-state index is 0.0743. The van der Waals surface area contributed by atoms with Gasteiger partial charge in [0.1, 0.15) is 5.54 Å². The number of hydrogen-bond donors (Lipinski definition) is 1. The maximum absolute atomic E-state index is 12.6. The van der Waals surface area contributed by atoms with Crippen molar-refractivity contribution in [2.45, 2.75) is 25.9 Å². The zero-order chi connectivity index (χ0) is 14.8. The van der Waals surface area contributed by atoms with E-state index in [0.29, 0.717) is 6.54 Å². The number of benzene rings is 1. The Hall–Kier alpha value is -1.65. The van der Waals surface area contributed by atoms with Gasteiger partial charge in [-0.15, -0.1) is 11.3 Å². The van der Waals surface area contributed by atoms with E-state index in [0.717, 1.165) is 5.56 Å². The van der Waals surface area contributed by atoms with Gasteiger partial charge >= 0.3 is 0 Å². The number of nitrogens with zero attached hydrogens (tertiary/aromatic N) is 1. The van der Waals surface area contributed by atoms with Gasteiger partial charge in [0.05, 0.1) is 6.54 Å². The van der Waals surface area contributed by atoms with E-state index in [9.17, 15) is 4.79 Å². The topological polar surface area (TPSA) is 46.3 Å². The van der Waals surface area contributed by atoms with E-state index in [1.54, 1.807) is 30.2 Å². The molecular weight excluding hydrogens is 268 g/mol. The van der Waals surface area contributed by atoms with Crippen LogP contribution in [0.1, 0.15) is 22.2 Å². The number of likely N-dealkylation sites (N-methyl/N-ethyl adjacent to an activating group) is 1. The summed E-state index contributed by atoms with van der Waals surface area (Å²) in [5, 5.41) is 0. The highest BCUT2D eigenvalue weighted by atomic mass is 32.1. The van der Waals surface area contributed by atoms with Gasteiger partial charge in [-0.3, -0.25) is 4.79 Å². The molecule has 2 N–H and O–H groups in total. The lowest BCUT2D eigenvalue weighted by molar-refractivity contribution is -0.135. The Morgan fingerprint density at radius 2 is 1.90 bits per heavy atom. The summed E-state index contributed by atoms with van der Waals surface area (Å²) < 4.78 is 0. The Labute approximate surface area is 124 Å². The number of rotatable bonds is 4. The van der Waals surface area contributed by atoms with Gasteiger partial charge in [-0.25, -0.2) is 0 Å². The average molecular weight is 288 g/mol. The molecule has 0 radical (unpaired) electrons. The zero-order valence-electron chi connectivity index (χ0n) is 12.1. The highest BCUT2D eigenvalue weighted by Gasteiger charge is 2.33. The molecule has 1 aromatic heterocycles. The normalized spacial score (nSPS) is 13.8. The first-order valence-electron chi connectivity index (χ1n) is 6.56. The predicted octanol–water partition coefficient (Wildman–Crippen LogP) is 2.89. The molecule has 1 atom stereocenters. The van der Waals surface area contributed by atoms with E-state index in [2.05, 4.69) is 19.1 Å². The lowest BCUT2D eigenvalue weighted by Gasteiger charge is -2.29. The third-order valence-corrected chi connectivity index (χ3v) is 4.34. The second-order valence-corrected chi connectivity index (χ2v) is 6.61. The Morgan fingerprint density at radius 1 is 1.25 bits per heavy atom. The molecule has 2 rings (SSSR count). The minimum Gasteiger partial charge on any atom is -0.339 e. The second kappa shape index (κ2) is 5.77. The summed E-state index contributed by atoms with van der Waals surface area (Å²) in [6.07, 6.45) is 0. The fraction of sp³-hybridized carbons (Fsp3) is 0.312. The molecule has 0 saturated heterocycles. The summed E-state index contributed by atoms with van der Waals surface area (Å²) in [5.74, 6) is -0.0743. The lowest BCUT2D eigenvalue weighted by Crippen LogP contribution is -2.49. The van der Waals surface area contributed by atoms with Crippen molar-refractivity contribution in [1.29, 1.82) is 0 Å². The van der Waals surface area contributed by atoms with Crippen molar-refractivity contribution in [2.24, 2.45) is 5.73 Å². The summed E-state index contributed by atoms with van der Waals surface area (Å²) in [6, 6.07) is 13.6. The highest BCUT2D eigenvalue weighted by molar-refractivity contribution is 7.11. The van der Waals surface area contributed by atoms with Crippen LogP contribution in [0, 0.1) is 6.92 Å². The smallest absolute Gasteiger partial charge is 0.247 e. The van der Waals surface area contributed by atoms with Crippen molar-refractivity contribution in [3.05, 3.63) is 57.8 Å². The van der Waals surface area contributed by atoms with Crippen LogP contribution in [0.5, 0.6) is 0 Å². The van der Waals surface area contributed by atoms with Crippen LogP contribution in [0.25, 0.3) is 0 Å². The van der Waals surface area contributed by atoms with Crippen molar-refractivity contribution >= 4 is 17.2 Å². The van der Waals surface area contributed by atoms with Gasteiger partial charge in [-0.2, -0.15) is 0 Å². The number of carbonyl (C=O) groups is 1. The number of hydrogen-bond acceptors (Lipinski definition) is 3. The molecule has 0 aliphatic carbocycles. The van der Waals surface area contributed by atoms with Crippen LogP contribution < -0.4 is 5.73 Å². The molecule has 1 heterocycles. The highest BCUT2D eigenvalue weighted by Crippen LogP contribution is 2.22. The molecule has 3 nitrogen and oxygen atoms in total. The van der Waals surface area contributed by atoms with E-state index in [1.807, 2.05) is 30.3 Å². The molecule has 106 valence electrons. The molecule has 4 heteroatoms. The fourth-order valence-corrected chi connectivity index (χ4v) is 3.12. The molecule has 1 aromatic carbocycles. The molecule has 0 fully saturated rings. The summed E-state index contributed by atoms with van der Waals surface area (Å²) in [7, 11) is 1.80. The second-order valence-electron chi connectivity index (χ2n) is 5.24. The monoisotopic (exact) mass is 288 g/mol. The summed E-state index contributed by atoms with van der Waals surface area (Å²) in [5.41, 5.74) is 6.09. The van der Waals surface area contributed by atoms with Crippen LogP contribution in [0.3, 0.4) is 0 Å². The first kappa shape index (κ1) is 14.8. The average Bonchev–Trinajstić information content (AvgIpc) is 2.84. The Morgan fingerprint density at radius 3 is 2.45 bits per heavy atom. The predicted molar refractivity (Wildman–Crippen MR) is 83.5 cm³/mol. The molecule has 0 bridgehead atoms. The molecular formula is C16H20N2OS. The molecule has 2 aromatic rings. The Balaban J connectivity index is 2.13. The van der Waals surface area contributed by atoms with Gasteiger partial charge in [0.2, 0.25) is 5.91 Å². The van der Waals surface area contributed by atoms with Crippen LogP contribution in [-0.2, 0) is 16.9 Å². The number of nitrogens with two attached hydrogens (primary N) is 1. The Kier molecular flexibility index (Phi) is 4.26. The first-order chi connectivity index (χ1) is 9.41. The maximum Gasteiger partial charge on any atom is 0.247 e. The van der Waals surface area contributed by atoms with Gasteiger partial charge in [0.15, 0.2) is 0 Å². The van der Waals surface area contributed by atoms with Crippen LogP contribution in [0.15, 0.2) is 42.5 Å². The summed E-state index contributed by atoms with van der Waals surface area (Å²) in [4.78, 5) is 16.7. The standard InChI is InChI=1S/C16H20N2OS/c1-12-9-10-14(20-12)11-18(3)15(19)16(2,17)13-7-5-4-6-8-13/h4-10H,11,17H2,1-3H3. The van der Waals surface area contributed by atoms with E-state index >= 15 is 0 Å². The Bertz CT molecular complexity index is 590. The fourth-order valence-electron chi connectivity index (χ4n) is 2.18. The molecule has 0 spiro atoms. The van der Waals surface area contributed by atoms with E-state index < -0.39 is 5.54 Å². The number of amides is 1. The van der Waals surface area contributed by atoms with Crippen LogP contribution in [0.4, 0.5) is 0 Å². The van der Waals surface area contributed by atoms with Crippen LogP contribution in [-0.4, -0.2) is 17.9 Å². The minimum atomic E-state index is -0.998. The molecule has 20 heavy (non-hydrogen) atoms. The van der Waals surface area contributed by atoms with Crippen LogP contribution >= 0.6 is 11.3 Å². The van der Waals surface area contributed by atoms with Gasteiger partial charge in [-0.05, 0) is 31.5 Å². The van der Waals surface area contributed by atoms with Gasteiger partial charge in [0, 0.05) is 16.8 Å². The van der Waals surface area contributed by atoms with Crippen molar-refractivity contribution in [3.63, 3.8) is 0 Å². The molecule has 0 aliphatic rings. The maximum atomic E-state index is 12.6. The molecule has 1 unspecified atom stereocenters. The van der Waals surface area contributed by atoms with Crippen molar-refractivity contribution in [3.8, 4) is 0 Å². The number of thiophene rings is 1. The van der Waals surface area contributed by atoms with E-state index in [-0.39, 0.29) is 5.91 Å². The van der Waals surface area contributed by atoms with Crippen molar-refractivity contribution in [1.82, 2.24) is 4.90 Å². The van der Waals surface area contributed by atoms with Crippen LogP contribution in [0.2, 0.25) is 0 Å². The largest absolute Gasteiger partial charge is 0.339 e.